The maximum absolute atomic E-state index is 12.0. The Balaban J connectivity index is 1.76. The van der Waals surface area contributed by atoms with E-state index in [1.54, 1.807) is 7.11 Å². The van der Waals surface area contributed by atoms with E-state index in [0.29, 0.717) is 17.6 Å². The fourth-order valence-corrected chi connectivity index (χ4v) is 3.03. The van der Waals surface area contributed by atoms with Crippen molar-refractivity contribution in [2.24, 2.45) is 0 Å². The second-order valence-corrected chi connectivity index (χ2v) is 6.14. The number of methoxy groups -OCH3 is 1. The van der Waals surface area contributed by atoms with Gasteiger partial charge in [0.05, 0.1) is 13.5 Å². The van der Waals surface area contributed by atoms with Crippen molar-refractivity contribution in [1.29, 1.82) is 0 Å². The molecule has 1 aromatic rings. The fraction of sp³-hybridized carbons (Fsp3) is 0.529. The summed E-state index contributed by atoms with van der Waals surface area (Å²) < 4.78 is 5.10. The number of thiocarbonyl (C=S) groups is 1. The van der Waals surface area contributed by atoms with E-state index in [9.17, 15) is 4.79 Å². The van der Waals surface area contributed by atoms with Crippen molar-refractivity contribution < 1.29 is 9.53 Å². The van der Waals surface area contributed by atoms with E-state index < -0.39 is 0 Å². The Morgan fingerprint density at radius 2 is 1.82 bits per heavy atom. The van der Waals surface area contributed by atoms with Crippen molar-refractivity contribution in [2.75, 3.05) is 7.11 Å². The van der Waals surface area contributed by atoms with Gasteiger partial charge in [-0.25, -0.2) is 0 Å². The van der Waals surface area contributed by atoms with Crippen LogP contribution in [0.2, 0.25) is 0 Å². The van der Waals surface area contributed by atoms with Gasteiger partial charge in [-0.15, -0.1) is 0 Å². The molecule has 0 radical (unpaired) electrons. The van der Waals surface area contributed by atoms with Crippen molar-refractivity contribution in [3.63, 3.8) is 0 Å². The summed E-state index contributed by atoms with van der Waals surface area (Å²) in [7, 11) is 1.62. The average Bonchev–Trinajstić information content (AvgIpc) is 2.76. The molecule has 0 aliphatic heterocycles. The third kappa shape index (κ3) is 5.64. The van der Waals surface area contributed by atoms with Gasteiger partial charge in [0.15, 0.2) is 5.11 Å². The minimum absolute atomic E-state index is 0.0868. The summed E-state index contributed by atoms with van der Waals surface area (Å²) in [5, 5.41) is 6.50. The fourth-order valence-electron chi connectivity index (χ4n) is 2.74. The molecule has 120 valence electrons. The molecule has 1 aliphatic rings. The molecule has 0 atom stereocenters. The lowest BCUT2D eigenvalue weighted by atomic mass is 10.1. The van der Waals surface area contributed by atoms with Gasteiger partial charge in [-0.3, -0.25) is 4.79 Å². The Morgan fingerprint density at radius 3 is 2.41 bits per heavy atom. The van der Waals surface area contributed by atoms with Crippen LogP contribution in [0, 0.1) is 0 Å². The van der Waals surface area contributed by atoms with Gasteiger partial charge in [0, 0.05) is 6.04 Å². The lowest BCUT2D eigenvalue weighted by Gasteiger charge is -2.18. The van der Waals surface area contributed by atoms with Crippen molar-refractivity contribution >= 4 is 23.2 Å². The minimum atomic E-state index is -0.0868. The van der Waals surface area contributed by atoms with Crippen molar-refractivity contribution in [3.8, 4) is 5.75 Å². The number of hydrogen-bond acceptors (Lipinski definition) is 3. The summed E-state index contributed by atoms with van der Waals surface area (Å²) in [4.78, 5) is 12.0. The van der Waals surface area contributed by atoms with Gasteiger partial charge >= 0.3 is 0 Å². The number of amides is 1. The van der Waals surface area contributed by atoms with Crippen molar-refractivity contribution in [2.45, 2.75) is 51.0 Å². The molecular formula is C17H24N2O2S. The summed E-state index contributed by atoms with van der Waals surface area (Å²) >= 11 is 5.25. The molecule has 22 heavy (non-hydrogen) atoms. The number of rotatable bonds is 4. The molecule has 0 unspecified atom stereocenters. The Kier molecular flexibility index (Phi) is 6.65. The monoisotopic (exact) mass is 320 g/mol. The zero-order valence-electron chi connectivity index (χ0n) is 13.1. The zero-order chi connectivity index (χ0) is 15.8. The number of hydrogen-bond donors (Lipinski definition) is 2. The van der Waals surface area contributed by atoms with Crippen LogP contribution in [0.15, 0.2) is 24.3 Å². The molecule has 1 aromatic carbocycles. The molecule has 5 heteroatoms. The van der Waals surface area contributed by atoms with Crippen molar-refractivity contribution in [1.82, 2.24) is 10.6 Å². The first-order valence-electron chi connectivity index (χ1n) is 7.90. The standard InChI is InChI=1S/C17H24N2O2S/c1-21-15-10-8-13(9-11-15)12-16(20)19-17(22)18-14-6-4-2-3-5-7-14/h8-11,14H,2-7,12H2,1H3,(H2,18,19,20,22). The smallest absolute Gasteiger partial charge is 0.230 e. The van der Waals surface area contributed by atoms with E-state index in [-0.39, 0.29) is 5.91 Å². The van der Waals surface area contributed by atoms with E-state index in [1.807, 2.05) is 24.3 Å². The highest BCUT2D eigenvalue weighted by Crippen LogP contribution is 2.17. The second kappa shape index (κ2) is 8.73. The Bertz CT molecular complexity index is 494. The third-order valence-corrected chi connectivity index (χ3v) is 4.19. The number of carbonyl (C=O) groups excluding carboxylic acids is 1. The van der Waals surface area contributed by atoms with Gasteiger partial charge in [-0.1, -0.05) is 37.8 Å². The third-order valence-electron chi connectivity index (χ3n) is 3.97. The molecular weight excluding hydrogens is 296 g/mol. The predicted octanol–water partition coefficient (Wildman–Crippen LogP) is 2.95. The van der Waals surface area contributed by atoms with Gasteiger partial charge in [0.1, 0.15) is 5.75 Å². The number of carbonyl (C=O) groups is 1. The van der Waals surface area contributed by atoms with Crippen molar-refractivity contribution in [3.05, 3.63) is 29.8 Å². The van der Waals surface area contributed by atoms with Crippen LogP contribution in [-0.2, 0) is 11.2 Å². The largest absolute Gasteiger partial charge is 0.497 e. The van der Waals surface area contributed by atoms with Gasteiger partial charge < -0.3 is 15.4 Å². The summed E-state index contributed by atoms with van der Waals surface area (Å²) in [5.74, 6) is 0.700. The average molecular weight is 320 g/mol. The van der Waals surface area contributed by atoms with Gasteiger partial charge in [-0.05, 0) is 42.8 Å². The molecule has 0 heterocycles. The highest BCUT2D eigenvalue weighted by Gasteiger charge is 2.14. The lowest BCUT2D eigenvalue weighted by molar-refractivity contribution is -0.119. The molecule has 1 fully saturated rings. The quantitative estimate of drug-likeness (QED) is 0.661. The van der Waals surface area contributed by atoms with Crippen LogP contribution in [0.25, 0.3) is 0 Å². The maximum Gasteiger partial charge on any atom is 0.230 e. The van der Waals surface area contributed by atoms with E-state index in [0.717, 1.165) is 24.2 Å². The molecule has 4 nitrogen and oxygen atoms in total. The first-order valence-corrected chi connectivity index (χ1v) is 8.31. The first-order chi connectivity index (χ1) is 10.7. The summed E-state index contributed by atoms with van der Waals surface area (Å²) in [6, 6.07) is 7.88. The van der Waals surface area contributed by atoms with Gasteiger partial charge in [0.2, 0.25) is 5.91 Å². The minimum Gasteiger partial charge on any atom is -0.497 e. The molecule has 2 rings (SSSR count). The summed E-state index contributed by atoms with van der Waals surface area (Å²) in [5.41, 5.74) is 0.940. The molecule has 1 aliphatic carbocycles. The molecule has 2 N–H and O–H groups in total. The van der Waals surface area contributed by atoms with Crippen LogP contribution < -0.4 is 15.4 Å². The molecule has 1 saturated carbocycles. The number of benzene rings is 1. The van der Waals surface area contributed by atoms with E-state index in [4.69, 9.17) is 17.0 Å². The maximum atomic E-state index is 12.0. The van der Waals surface area contributed by atoms with Gasteiger partial charge in [-0.2, -0.15) is 0 Å². The molecule has 1 amide bonds. The Hall–Kier alpha value is -1.62. The second-order valence-electron chi connectivity index (χ2n) is 5.73. The Labute approximate surface area is 137 Å². The molecule has 0 spiro atoms. The summed E-state index contributed by atoms with van der Waals surface area (Å²) in [6.07, 6.45) is 7.66. The normalized spacial score (nSPS) is 15.7. The highest BCUT2D eigenvalue weighted by molar-refractivity contribution is 7.80. The van der Waals surface area contributed by atoms with E-state index in [1.165, 1.54) is 25.7 Å². The molecule has 0 aromatic heterocycles. The Morgan fingerprint density at radius 1 is 1.18 bits per heavy atom. The summed E-state index contributed by atoms with van der Waals surface area (Å²) in [6.45, 7) is 0. The van der Waals surface area contributed by atoms with Crippen LogP contribution in [0.4, 0.5) is 0 Å². The molecule has 0 bridgehead atoms. The highest BCUT2D eigenvalue weighted by atomic mass is 32.1. The topological polar surface area (TPSA) is 50.4 Å². The predicted molar refractivity (Wildman–Crippen MR) is 92.1 cm³/mol. The number of nitrogens with one attached hydrogen (secondary N) is 2. The number of ether oxygens (including phenoxy) is 1. The first kappa shape index (κ1) is 16.7. The van der Waals surface area contributed by atoms with Gasteiger partial charge in [0.25, 0.3) is 0 Å². The van der Waals surface area contributed by atoms with Crippen LogP contribution in [0.1, 0.15) is 44.1 Å². The van der Waals surface area contributed by atoms with Crippen LogP contribution in [0.5, 0.6) is 5.75 Å². The lowest BCUT2D eigenvalue weighted by Crippen LogP contribution is -2.44. The van der Waals surface area contributed by atoms with E-state index >= 15 is 0 Å². The van der Waals surface area contributed by atoms with E-state index in [2.05, 4.69) is 10.6 Å². The van der Waals surface area contributed by atoms with Crippen LogP contribution in [0.3, 0.4) is 0 Å². The van der Waals surface area contributed by atoms with Crippen LogP contribution in [-0.4, -0.2) is 24.2 Å². The SMILES string of the molecule is COc1ccc(CC(=O)NC(=S)NC2CCCCCC2)cc1. The molecule has 0 saturated heterocycles. The zero-order valence-corrected chi connectivity index (χ0v) is 13.9. The van der Waals surface area contributed by atoms with Crippen LogP contribution >= 0.6 is 12.2 Å².